The molecule has 2 aromatic rings. The zero-order chi connectivity index (χ0) is 18.1. The van der Waals surface area contributed by atoms with Crippen molar-refractivity contribution in [2.75, 3.05) is 0 Å². The van der Waals surface area contributed by atoms with Crippen molar-refractivity contribution in [3.05, 3.63) is 40.6 Å². The molecule has 131 valence electrons. The smallest absolute Gasteiger partial charge is 0.404 e. The second-order valence-electron chi connectivity index (χ2n) is 4.33. The molecule has 1 aromatic carbocycles. The summed E-state index contributed by atoms with van der Waals surface area (Å²) < 4.78 is 66.4. The topological polar surface area (TPSA) is 123 Å². The van der Waals surface area contributed by atoms with Crippen molar-refractivity contribution in [2.24, 2.45) is 0 Å². The Morgan fingerprint density at radius 1 is 1.32 bits per heavy atom. The number of amides is 1. The van der Waals surface area contributed by atoms with E-state index < -0.39 is 38.8 Å². The van der Waals surface area contributed by atoms with Gasteiger partial charge in [-0.25, -0.2) is 22.7 Å². The number of nitrogens with one attached hydrogen (secondary N) is 2. The second kappa shape index (κ2) is 7.59. The number of H-pyrrole nitrogens is 1. The molecule has 2 N–H and O–H groups in total. The van der Waals surface area contributed by atoms with E-state index in [1.54, 1.807) is 0 Å². The Hall–Kier alpha value is -1.83. The van der Waals surface area contributed by atoms with Gasteiger partial charge in [0.15, 0.2) is 0 Å². The number of aromatic nitrogens is 3. The largest absolute Gasteiger partial charge is 0.573 e. The zero-order valence-electron chi connectivity index (χ0n) is 12.8. The van der Waals surface area contributed by atoms with Gasteiger partial charge in [-0.1, -0.05) is 12.1 Å². The number of nitrogens with zero attached hydrogens (tertiary/aromatic N) is 2. The van der Waals surface area contributed by atoms with Crippen LogP contribution in [-0.4, -0.2) is 65.1 Å². The van der Waals surface area contributed by atoms with Crippen molar-refractivity contribution >= 4 is 45.6 Å². The van der Waals surface area contributed by atoms with Gasteiger partial charge in [-0.3, -0.25) is 4.98 Å². The van der Waals surface area contributed by atoms with Gasteiger partial charge >= 0.3 is 18.1 Å². The van der Waals surface area contributed by atoms with Crippen molar-refractivity contribution in [3.63, 3.8) is 0 Å². The Morgan fingerprint density at radius 3 is 2.44 bits per heavy atom. The van der Waals surface area contributed by atoms with Gasteiger partial charge in [0, 0.05) is 29.6 Å². The van der Waals surface area contributed by atoms with E-state index in [9.17, 15) is 31.2 Å². The number of ether oxygens (including phenoxy) is 1. The van der Waals surface area contributed by atoms with Crippen LogP contribution in [0.15, 0.2) is 34.0 Å². The second-order valence-corrected chi connectivity index (χ2v) is 5.98. The molecule has 2 rings (SSSR count). The first-order valence-corrected chi connectivity index (χ1v) is 7.56. The average molecular weight is 389 g/mol. The summed E-state index contributed by atoms with van der Waals surface area (Å²) in [5.41, 5.74) is -1.01. The molecule has 0 aliphatic rings. The first kappa shape index (κ1) is 21.2. The maximum absolute atomic E-state index is 12.3. The molecule has 9 nitrogen and oxygen atoms in total. The zero-order valence-corrected chi connectivity index (χ0v) is 15.6. The van der Waals surface area contributed by atoms with Crippen LogP contribution in [0.1, 0.15) is 5.82 Å². The molecule has 0 atom stereocenters. The van der Waals surface area contributed by atoms with Gasteiger partial charge < -0.3 is 4.74 Å². The maximum Gasteiger partial charge on any atom is 0.573 e. The van der Waals surface area contributed by atoms with Gasteiger partial charge in [0.2, 0.25) is 0 Å². The van der Waals surface area contributed by atoms with Crippen LogP contribution in [0.25, 0.3) is 0 Å². The van der Waals surface area contributed by atoms with Gasteiger partial charge in [-0.15, -0.1) is 23.0 Å². The molecule has 0 saturated carbocycles. The number of aryl methyl sites for hydroxylation is 1. The maximum atomic E-state index is 12.3. The number of hydrogen-bond acceptors (Lipinski definition) is 6. The molecule has 0 spiro atoms. The van der Waals surface area contributed by atoms with Crippen LogP contribution in [-0.2, 0) is 10.0 Å². The number of para-hydroxylation sites is 1. The van der Waals surface area contributed by atoms with Crippen molar-refractivity contribution in [3.8, 4) is 5.75 Å². The predicted octanol–water partition coefficient (Wildman–Crippen LogP) is 0.344. The van der Waals surface area contributed by atoms with Crippen LogP contribution in [0.2, 0.25) is 0 Å². The molecule has 1 radical (unpaired) electrons. The van der Waals surface area contributed by atoms with Gasteiger partial charge in [-0.05, 0) is 19.1 Å². The number of halogens is 3. The SMILES string of the molecule is Cc1nn(C(=O)NS(=O)(=O)c2ccccc2OC(F)(F)F)c(=O)[nH]1.[Na]. The Labute approximate surface area is 160 Å². The van der Waals surface area contributed by atoms with Crippen LogP contribution < -0.4 is 15.1 Å². The van der Waals surface area contributed by atoms with Crippen molar-refractivity contribution < 1.29 is 31.1 Å². The fourth-order valence-corrected chi connectivity index (χ4v) is 2.72. The van der Waals surface area contributed by atoms with Crippen molar-refractivity contribution in [2.45, 2.75) is 18.2 Å². The molecule has 0 aliphatic carbocycles. The summed E-state index contributed by atoms with van der Waals surface area (Å²) in [6.07, 6.45) is -5.13. The molecule has 0 bridgehead atoms. The minimum atomic E-state index is -5.13. The van der Waals surface area contributed by atoms with E-state index in [1.165, 1.54) is 11.6 Å². The Morgan fingerprint density at radius 2 is 1.92 bits per heavy atom. The summed E-state index contributed by atoms with van der Waals surface area (Å²) in [6.45, 7) is 1.34. The molecule has 1 amide bonds. The summed E-state index contributed by atoms with van der Waals surface area (Å²) in [6, 6.07) is 2.34. The van der Waals surface area contributed by atoms with E-state index in [1.807, 2.05) is 0 Å². The van der Waals surface area contributed by atoms with Crippen LogP contribution >= 0.6 is 0 Å². The molecule has 0 saturated heterocycles. The van der Waals surface area contributed by atoms with Crippen LogP contribution in [0.3, 0.4) is 0 Å². The number of hydrogen-bond donors (Lipinski definition) is 2. The quantitative estimate of drug-likeness (QED) is 0.730. The number of sulfonamides is 1. The third-order valence-electron chi connectivity index (χ3n) is 2.51. The predicted molar refractivity (Wildman–Crippen MR) is 77.6 cm³/mol. The van der Waals surface area contributed by atoms with Crippen molar-refractivity contribution in [1.29, 1.82) is 0 Å². The summed E-state index contributed by atoms with van der Waals surface area (Å²) in [7, 11) is -4.76. The molecule has 0 fully saturated rings. The first-order chi connectivity index (χ1) is 11.0. The molecule has 14 heteroatoms. The first-order valence-electron chi connectivity index (χ1n) is 6.07. The monoisotopic (exact) mass is 389 g/mol. The third-order valence-corrected chi connectivity index (χ3v) is 3.87. The fourth-order valence-electron chi connectivity index (χ4n) is 1.66. The normalized spacial score (nSPS) is 11.5. The molecule has 0 aliphatic heterocycles. The number of carbonyl (C=O) groups is 1. The van der Waals surface area contributed by atoms with E-state index >= 15 is 0 Å². The standard InChI is InChI=1S/C11H9F3N4O5S.Na/c1-6-15-9(19)18(16-6)10(20)17-24(21,22)8-5-3-2-4-7(8)23-11(12,13)14;/h2-5H,1H3,(H,17,20)(H,15,16,19);. The van der Waals surface area contributed by atoms with Gasteiger partial charge in [0.1, 0.15) is 16.5 Å². The van der Waals surface area contributed by atoms with Gasteiger partial charge in [-0.2, -0.15) is 0 Å². The summed E-state index contributed by atoms with van der Waals surface area (Å²) in [5, 5.41) is 3.43. The van der Waals surface area contributed by atoms with E-state index in [-0.39, 0.29) is 40.1 Å². The molecule has 25 heavy (non-hydrogen) atoms. The average Bonchev–Trinajstić information content (AvgIpc) is 2.76. The Balaban J connectivity index is 0.00000312. The van der Waals surface area contributed by atoms with Crippen LogP contribution in [0.5, 0.6) is 5.75 Å². The summed E-state index contributed by atoms with van der Waals surface area (Å²) in [4.78, 5) is 24.4. The van der Waals surface area contributed by atoms with Gasteiger partial charge in [0.05, 0.1) is 0 Å². The van der Waals surface area contributed by atoms with Crippen LogP contribution in [0, 0.1) is 6.92 Å². The number of carbonyl (C=O) groups excluding carboxylic acids is 1. The van der Waals surface area contributed by atoms with E-state index in [0.29, 0.717) is 0 Å². The number of rotatable bonds is 3. The molecular formula is C11H9F3N4NaO5S. The molecular weight excluding hydrogens is 380 g/mol. The molecule has 0 unspecified atom stereocenters. The van der Waals surface area contributed by atoms with Crippen molar-refractivity contribution in [1.82, 2.24) is 19.5 Å². The number of alkyl halides is 3. The number of aromatic amines is 1. The van der Waals surface area contributed by atoms with Crippen LogP contribution in [0.4, 0.5) is 18.0 Å². The Bertz CT molecular complexity index is 938. The molecule has 1 heterocycles. The minimum Gasteiger partial charge on any atom is -0.404 e. The minimum absolute atomic E-state index is 0. The molecule has 1 aromatic heterocycles. The van der Waals surface area contributed by atoms with E-state index in [2.05, 4.69) is 14.8 Å². The Kier molecular flexibility index (Phi) is 6.44. The third kappa shape index (κ3) is 5.32. The van der Waals surface area contributed by atoms with E-state index in [0.717, 1.165) is 24.3 Å². The number of benzene rings is 1. The van der Waals surface area contributed by atoms with Gasteiger partial charge in [0.25, 0.3) is 10.0 Å². The summed E-state index contributed by atoms with van der Waals surface area (Å²) in [5.74, 6) is -0.996. The van der Waals surface area contributed by atoms with E-state index in [4.69, 9.17) is 0 Å². The fraction of sp³-hybridized carbons (Fsp3) is 0.182. The summed E-state index contributed by atoms with van der Waals surface area (Å²) >= 11 is 0.